The van der Waals surface area contributed by atoms with Crippen LogP contribution in [0.5, 0.6) is 0 Å². The first-order chi connectivity index (χ1) is 13.1. The van der Waals surface area contributed by atoms with Crippen LogP contribution in [0.3, 0.4) is 0 Å². The predicted molar refractivity (Wildman–Crippen MR) is 101 cm³/mol. The van der Waals surface area contributed by atoms with Crippen molar-refractivity contribution in [1.82, 2.24) is 9.80 Å². The highest BCUT2D eigenvalue weighted by molar-refractivity contribution is 7.14. The molecule has 0 saturated carbocycles. The van der Waals surface area contributed by atoms with Crippen LogP contribution in [0.1, 0.15) is 22.3 Å². The molecule has 27 heavy (non-hydrogen) atoms. The first kappa shape index (κ1) is 19.0. The average Bonchev–Trinajstić information content (AvgIpc) is 3.14. The summed E-state index contributed by atoms with van der Waals surface area (Å²) in [6.45, 7) is 3.10. The molecule has 0 radical (unpaired) electrons. The van der Waals surface area contributed by atoms with Gasteiger partial charge in [0.1, 0.15) is 16.9 Å². The number of nitrogens with one attached hydrogen (secondary N) is 1. The van der Waals surface area contributed by atoms with E-state index < -0.39 is 0 Å². The molecule has 3 rings (SSSR count). The molecule has 6 nitrogen and oxygen atoms in total. The zero-order valence-electron chi connectivity index (χ0n) is 14.7. The first-order valence-corrected chi connectivity index (χ1v) is 9.49. The van der Waals surface area contributed by atoms with Crippen LogP contribution in [-0.4, -0.2) is 54.3 Å². The Labute approximate surface area is 160 Å². The number of hydrogen-bond acceptors (Lipinski definition) is 5. The summed E-state index contributed by atoms with van der Waals surface area (Å²) < 4.78 is 13.0. The Kier molecular flexibility index (Phi) is 6.16. The topological polar surface area (TPSA) is 76.4 Å². The number of hydrogen-bond donors (Lipinski definition) is 1. The molecule has 2 heterocycles. The number of nitrogens with zero attached hydrogens (tertiary/aromatic N) is 3. The van der Waals surface area contributed by atoms with Crippen LogP contribution in [-0.2, 0) is 4.79 Å². The van der Waals surface area contributed by atoms with Crippen molar-refractivity contribution in [3.8, 4) is 6.07 Å². The fourth-order valence-corrected chi connectivity index (χ4v) is 3.65. The van der Waals surface area contributed by atoms with Crippen molar-refractivity contribution in [1.29, 1.82) is 5.26 Å². The maximum absolute atomic E-state index is 13.0. The summed E-state index contributed by atoms with van der Waals surface area (Å²) >= 11 is 1.33. The van der Waals surface area contributed by atoms with Gasteiger partial charge in [-0.1, -0.05) is 0 Å². The third-order valence-electron chi connectivity index (χ3n) is 4.44. The number of nitriles is 1. The van der Waals surface area contributed by atoms with Crippen LogP contribution in [0, 0.1) is 17.1 Å². The highest BCUT2D eigenvalue weighted by atomic mass is 32.1. The number of rotatable bonds is 5. The third-order valence-corrected chi connectivity index (χ3v) is 5.27. The molecule has 0 unspecified atom stereocenters. The maximum Gasteiger partial charge on any atom is 0.253 e. The van der Waals surface area contributed by atoms with Gasteiger partial charge >= 0.3 is 0 Å². The summed E-state index contributed by atoms with van der Waals surface area (Å²) in [6.07, 6.45) is 0.328. The minimum Gasteiger partial charge on any atom is -0.336 e. The summed E-state index contributed by atoms with van der Waals surface area (Å²) in [5, 5.41) is 14.1. The molecule has 1 aromatic carbocycles. The van der Waals surface area contributed by atoms with Crippen LogP contribution < -0.4 is 5.32 Å². The van der Waals surface area contributed by atoms with Crippen molar-refractivity contribution < 1.29 is 14.0 Å². The van der Waals surface area contributed by atoms with Gasteiger partial charge in [0.2, 0.25) is 5.91 Å². The van der Waals surface area contributed by atoms with E-state index in [1.807, 2.05) is 6.07 Å². The Morgan fingerprint density at radius 2 is 1.85 bits per heavy atom. The molecule has 140 valence electrons. The molecule has 1 fully saturated rings. The summed E-state index contributed by atoms with van der Waals surface area (Å²) in [7, 11) is 0. The van der Waals surface area contributed by atoms with Crippen molar-refractivity contribution in [3.63, 3.8) is 0 Å². The van der Waals surface area contributed by atoms with E-state index in [0.29, 0.717) is 55.3 Å². The van der Waals surface area contributed by atoms with E-state index in [4.69, 9.17) is 5.26 Å². The average molecular weight is 386 g/mol. The van der Waals surface area contributed by atoms with Crippen LogP contribution in [0.4, 0.5) is 9.39 Å². The van der Waals surface area contributed by atoms with E-state index in [2.05, 4.69) is 10.2 Å². The number of thiophene rings is 1. The van der Waals surface area contributed by atoms with Gasteiger partial charge < -0.3 is 10.2 Å². The van der Waals surface area contributed by atoms with Gasteiger partial charge in [0, 0.05) is 44.7 Å². The summed E-state index contributed by atoms with van der Waals surface area (Å²) in [6, 6.07) is 9.28. The van der Waals surface area contributed by atoms with E-state index in [0.717, 1.165) is 0 Å². The lowest BCUT2D eigenvalue weighted by atomic mass is 10.1. The normalized spacial score (nSPS) is 14.6. The van der Waals surface area contributed by atoms with Crippen LogP contribution in [0.25, 0.3) is 0 Å². The van der Waals surface area contributed by atoms with Gasteiger partial charge in [-0.25, -0.2) is 4.39 Å². The minimum absolute atomic E-state index is 0.103. The van der Waals surface area contributed by atoms with Crippen LogP contribution in [0.15, 0.2) is 35.7 Å². The van der Waals surface area contributed by atoms with E-state index in [1.165, 1.54) is 35.6 Å². The summed E-state index contributed by atoms with van der Waals surface area (Å²) in [5.41, 5.74) is 0.953. The second-order valence-electron chi connectivity index (χ2n) is 6.21. The molecule has 8 heteroatoms. The number of benzene rings is 1. The lowest BCUT2D eigenvalue weighted by molar-refractivity contribution is -0.116. The van der Waals surface area contributed by atoms with E-state index >= 15 is 0 Å². The quantitative estimate of drug-likeness (QED) is 0.857. The molecule has 0 atom stereocenters. The van der Waals surface area contributed by atoms with Crippen LogP contribution >= 0.6 is 11.3 Å². The van der Waals surface area contributed by atoms with Gasteiger partial charge in [-0.2, -0.15) is 5.26 Å². The Balaban J connectivity index is 1.43. The van der Waals surface area contributed by atoms with Gasteiger partial charge in [-0.05, 0) is 35.7 Å². The van der Waals surface area contributed by atoms with Gasteiger partial charge in [0.15, 0.2) is 0 Å². The lowest BCUT2D eigenvalue weighted by Gasteiger charge is -2.34. The van der Waals surface area contributed by atoms with Crippen molar-refractivity contribution in [2.24, 2.45) is 0 Å². The van der Waals surface area contributed by atoms with Crippen molar-refractivity contribution >= 4 is 28.2 Å². The standard InChI is InChI=1S/C19H19FN4O2S/c20-16-3-1-14(2-4-16)19(26)24-10-8-23(9-11-24)7-5-17(25)22-18-15(13-21)6-12-27-18/h1-4,6,12H,5,7-11H2,(H,22,25). The van der Waals surface area contributed by atoms with Crippen molar-refractivity contribution in [2.75, 3.05) is 38.0 Å². The van der Waals surface area contributed by atoms with Gasteiger partial charge in [0.25, 0.3) is 5.91 Å². The van der Waals surface area contributed by atoms with Crippen LogP contribution in [0.2, 0.25) is 0 Å². The maximum atomic E-state index is 13.0. The van der Waals surface area contributed by atoms with E-state index in [9.17, 15) is 14.0 Å². The number of anilines is 1. The monoisotopic (exact) mass is 386 g/mol. The SMILES string of the molecule is N#Cc1ccsc1NC(=O)CCN1CCN(C(=O)c2ccc(F)cc2)CC1. The van der Waals surface area contributed by atoms with E-state index in [1.54, 1.807) is 16.3 Å². The zero-order chi connectivity index (χ0) is 19.2. The smallest absolute Gasteiger partial charge is 0.253 e. The molecule has 0 bridgehead atoms. The molecule has 1 saturated heterocycles. The number of halogens is 1. The fraction of sp³-hybridized carbons (Fsp3) is 0.316. The number of carbonyl (C=O) groups excluding carboxylic acids is 2. The summed E-state index contributed by atoms with van der Waals surface area (Å²) in [5.74, 6) is -0.591. The molecule has 2 amide bonds. The molecule has 2 aromatic rings. The molecule has 1 aromatic heterocycles. The Morgan fingerprint density at radius 3 is 2.52 bits per heavy atom. The third kappa shape index (κ3) is 4.90. The highest BCUT2D eigenvalue weighted by Crippen LogP contribution is 2.22. The number of amides is 2. The molecular formula is C19H19FN4O2S. The minimum atomic E-state index is -0.362. The molecular weight excluding hydrogens is 367 g/mol. The van der Waals surface area contributed by atoms with Crippen molar-refractivity contribution in [3.05, 3.63) is 52.7 Å². The van der Waals surface area contributed by atoms with E-state index in [-0.39, 0.29) is 17.6 Å². The molecule has 1 aliphatic heterocycles. The zero-order valence-corrected chi connectivity index (χ0v) is 15.5. The molecule has 1 N–H and O–H groups in total. The molecule has 0 aliphatic carbocycles. The Bertz CT molecular complexity index is 851. The second-order valence-corrected chi connectivity index (χ2v) is 7.13. The lowest BCUT2D eigenvalue weighted by Crippen LogP contribution is -2.49. The second kappa shape index (κ2) is 8.75. The van der Waals surface area contributed by atoms with Gasteiger partial charge in [0.05, 0.1) is 5.56 Å². The predicted octanol–water partition coefficient (Wildman–Crippen LogP) is 2.55. The highest BCUT2D eigenvalue weighted by Gasteiger charge is 2.22. The Hall–Kier alpha value is -2.76. The molecule has 0 spiro atoms. The first-order valence-electron chi connectivity index (χ1n) is 8.61. The van der Waals surface area contributed by atoms with Gasteiger partial charge in [-0.15, -0.1) is 11.3 Å². The van der Waals surface area contributed by atoms with Crippen molar-refractivity contribution in [2.45, 2.75) is 6.42 Å². The fourth-order valence-electron chi connectivity index (χ4n) is 2.89. The molecule has 1 aliphatic rings. The Morgan fingerprint density at radius 1 is 1.15 bits per heavy atom. The summed E-state index contributed by atoms with van der Waals surface area (Å²) in [4.78, 5) is 28.4. The number of piperazine rings is 1. The number of carbonyl (C=O) groups is 2. The van der Waals surface area contributed by atoms with Gasteiger partial charge in [-0.3, -0.25) is 14.5 Å². The largest absolute Gasteiger partial charge is 0.336 e.